The number of hydrogen-bond donors (Lipinski definition) is 3. The molecular formula is C15H17N3O. The van der Waals surface area contributed by atoms with Crippen LogP contribution < -0.4 is 16.8 Å². The molecule has 19 heavy (non-hydrogen) atoms. The van der Waals surface area contributed by atoms with E-state index in [-0.39, 0.29) is 5.91 Å². The number of benzene rings is 2. The van der Waals surface area contributed by atoms with Crippen molar-refractivity contribution >= 4 is 23.0 Å². The van der Waals surface area contributed by atoms with E-state index in [2.05, 4.69) is 5.32 Å². The summed E-state index contributed by atoms with van der Waals surface area (Å²) in [6.45, 7) is 3.92. The van der Waals surface area contributed by atoms with Crippen molar-refractivity contribution in [3.63, 3.8) is 0 Å². The van der Waals surface area contributed by atoms with Crippen LogP contribution in [0.1, 0.15) is 21.5 Å². The highest BCUT2D eigenvalue weighted by Gasteiger charge is 2.11. The van der Waals surface area contributed by atoms with E-state index >= 15 is 0 Å². The molecule has 2 aromatic carbocycles. The Morgan fingerprint density at radius 1 is 1.05 bits per heavy atom. The molecule has 5 N–H and O–H groups in total. The standard InChI is InChI=1S/C15H17N3O/c1-9-3-4-10(2)14(7-9)18-15(19)12-6-5-11(16)8-13(12)17/h3-8H,16-17H2,1-2H3,(H,18,19). The van der Waals surface area contributed by atoms with E-state index in [9.17, 15) is 4.79 Å². The van der Waals surface area contributed by atoms with Crippen molar-refractivity contribution in [3.8, 4) is 0 Å². The first-order valence-corrected chi connectivity index (χ1v) is 6.01. The minimum absolute atomic E-state index is 0.230. The molecule has 0 bridgehead atoms. The molecule has 0 saturated carbocycles. The van der Waals surface area contributed by atoms with E-state index in [0.29, 0.717) is 16.9 Å². The molecule has 98 valence electrons. The van der Waals surface area contributed by atoms with Gasteiger partial charge >= 0.3 is 0 Å². The number of hydrogen-bond acceptors (Lipinski definition) is 3. The van der Waals surface area contributed by atoms with Gasteiger partial charge in [0.25, 0.3) is 5.91 Å². The molecule has 0 saturated heterocycles. The van der Waals surface area contributed by atoms with Crippen LogP contribution in [0.25, 0.3) is 0 Å². The van der Waals surface area contributed by atoms with Crippen LogP contribution in [0.2, 0.25) is 0 Å². The van der Waals surface area contributed by atoms with Gasteiger partial charge in [-0.2, -0.15) is 0 Å². The topological polar surface area (TPSA) is 81.1 Å². The van der Waals surface area contributed by atoms with Crippen LogP contribution in [0.3, 0.4) is 0 Å². The fourth-order valence-electron chi connectivity index (χ4n) is 1.85. The highest BCUT2D eigenvalue weighted by Crippen LogP contribution is 2.20. The van der Waals surface area contributed by atoms with Gasteiger partial charge in [-0.05, 0) is 49.2 Å². The average molecular weight is 255 g/mol. The summed E-state index contributed by atoms with van der Waals surface area (Å²) < 4.78 is 0. The van der Waals surface area contributed by atoms with Crippen LogP contribution in [0.15, 0.2) is 36.4 Å². The molecule has 0 fully saturated rings. The third-order valence-corrected chi connectivity index (χ3v) is 2.96. The number of aryl methyl sites for hydroxylation is 2. The molecule has 1 amide bonds. The second-order valence-corrected chi connectivity index (χ2v) is 4.62. The molecular weight excluding hydrogens is 238 g/mol. The second kappa shape index (κ2) is 5.02. The van der Waals surface area contributed by atoms with Crippen molar-refractivity contribution in [2.24, 2.45) is 0 Å². The maximum absolute atomic E-state index is 12.2. The fourth-order valence-corrected chi connectivity index (χ4v) is 1.85. The molecule has 0 spiro atoms. The summed E-state index contributed by atoms with van der Waals surface area (Å²) in [6, 6.07) is 10.8. The van der Waals surface area contributed by atoms with E-state index in [4.69, 9.17) is 11.5 Å². The summed E-state index contributed by atoms with van der Waals surface area (Å²) in [7, 11) is 0. The molecule has 0 unspecified atom stereocenters. The largest absolute Gasteiger partial charge is 0.399 e. The Hall–Kier alpha value is -2.49. The van der Waals surface area contributed by atoms with Crippen LogP contribution in [-0.4, -0.2) is 5.91 Å². The van der Waals surface area contributed by atoms with Gasteiger partial charge in [0.15, 0.2) is 0 Å². The highest BCUT2D eigenvalue weighted by atomic mass is 16.1. The van der Waals surface area contributed by atoms with Gasteiger partial charge in [0.1, 0.15) is 0 Å². The van der Waals surface area contributed by atoms with E-state index in [1.165, 1.54) is 0 Å². The van der Waals surface area contributed by atoms with Crippen molar-refractivity contribution in [2.75, 3.05) is 16.8 Å². The molecule has 0 aromatic heterocycles. The molecule has 0 aliphatic heterocycles. The predicted octanol–water partition coefficient (Wildman–Crippen LogP) is 2.72. The molecule has 4 heteroatoms. The van der Waals surface area contributed by atoms with Crippen LogP contribution in [-0.2, 0) is 0 Å². The lowest BCUT2D eigenvalue weighted by Gasteiger charge is -2.11. The lowest BCUT2D eigenvalue weighted by atomic mass is 10.1. The van der Waals surface area contributed by atoms with Crippen LogP contribution in [0.4, 0.5) is 17.1 Å². The van der Waals surface area contributed by atoms with Crippen molar-refractivity contribution < 1.29 is 4.79 Å². The molecule has 0 atom stereocenters. The monoisotopic (exact) mass is 255 g/mol. The molecule has 2 rings (SSSR count). The Morgan fingerprint density at radius 2 is 1.79 bits per heavy atom. The molecule has 4 nitrogen and oxygen atoms in total. The van der Waals surface area contributed by atoms with Crippen molar-refractivity contribution in [3.05, 3.63) is 53.1 Å². The zero-order valence-corrected chi connectivity index (χ0v) is 11.0. The van der Waals surface area contributed by atoms with Crippen LogP contribution in [0, 0.1) is 13.8 Å². The van der Waals surface area contributed by atoms with Gasteiger partial charge in [0.2, 0.25) is 0 Å². The normalized spacial score (nSPS) is 10.2. The van der Waals surface area contributed by atoms with E-state index < -0.39 is 0 Å². The van der Waals surface area contributed by atoms with Crippen molar-refractivity contribution in [2.45, 2.75) is 13.8 Å². The van der Waals surface area contributed by atoms with Crippen molar-refractivity contribution in [1.29, 1.82) is 0 Å². The van der Waals surface area contributed by atoms with Crippen molar-refractivity contribution in [1.82, 2.24) is 0 Å². The van der Waals surface area contributed by atoms with E-state index in [0.717, 1.165) is 16.8 Å². The highest BCUT2D eigenvalue weighted by molar-refractivity contribution is 6.08. The third-order valence-electron chi connectivity index (χ3n) is 2.96. The summed E-state index contributed by atoms with van der Waals surface area (Å²) in [5, 5.41) is 2.87. The first-order valence-electron chi connectivity index (χ1n) is 6.01. The Kier molecular flexibility index (Phi) is 3.42. The van der Waals surface area contributed by atoms with Gasteiger partial charge in [-0.15, -0.1) is 0 Å². The van der Waals surface area contributed by atoms with Gasteiger partial charge in [-0.3, -0.25) is 4.79 Å². The molecule has 0 aliphatic rings. The average Bonchev–Trinajstić information content (AvgIpc) is 2.33. The van der Waals surface area contributed by atoms with E-state index in [1.807, 2.05) is 32.0 Å². The number of carbonyl (C=O) groups is 1. The summed E-state index contributed by atoms with van der Waals surface area (Å²) >= 11 is 0. The second-order valence-electron chi connectivity index (χ2n) is 4.62. The van der Waals surface area contributed by atoms with Gasteiger partial charge in [-0.25, -0.2) is 0 Å². The number of nitrogens with one attached hydrogen (secondary N) is 1. The summed E-state index contributed by atoms with van der Waals surface area (Å²) in [5.41, 5.74) is 15.7. The quantitative estimate of drug-likeness (QED) is 0.722. The number of amides is 1. The summed E-state index contributed by atoms with van der Waals surface area (Å²) in [4.78, 5) is 12.2. The Labute approximate surface area is 112 Å². The molecule has 2 aromatic rings. The SMILES string of the molecule is Cc1ccc(C)c(NC(=O)c2ccc(N)cc2N)c1. The van der Waals surface area contributed by atoms with E-state index in [1.54, 1.807) is 18.2 Å². The van der Waals surface area contributed by atoms with Gasteiger partial charge < -0.3 is 16.8 Å². The predicted molar refractivity (Wildman–Crippen MR) is 79.1 cm³/mol. The lowest BCUT2D eigenvalue weighted by molar-refractivity contribution is 0.102. The molecule has 0 heterocycles. The smallest absolute Gasteiger partial charge is 0.257 e. The van der Waals surface area contributed by atoms with Crippen LogP contribution in [0.5, 0.6) is 0 Å². The van der Waals surface area contributed by atoms with Gasteiger partial charge in [-0.1, -0.05) is 12.1 Å². The first kappa shape index (κ1) is 13.0. The number of anilines is 3. The minimum atomic E-state index is -0.230. The maximum atomic E-state index is 12.2. The number of carbonyl (C=O) groups excluding carboxylic acids is 1. The number of nitrogens with two attached hydrogens (primary N) is 2. The summed E-state index contributed by atoms with van der Waals surface area (Å²) in [5.74, 6) is -0.230. The summed E-state index contributed by atoms with van der Waals surface area (Å²) in [6.07, 6.45) is 0. The Morgan fingerprint density at radius 3 is 2.47 bits per heavy atom. The Balaban J connectivity index is 2.28. The maximum Gasteiger partial charge on any atom is 0.257 e. The zero-order chi connectivity index (χ0) is 14.0. The fraction of sp³-hybridized carbons (Fsp3) is 0.133. The number of rotatable bonds is 2. The van der Waals surface area contributed by atoms with Crippen LogP contribution >= 0.6 is 0 Å². The Bertz CT molecular complexity index is 635. The van der Waals surface area contributed by atoms with Gasteiger partial charge in [0, 0.05) is 17.1 Å². The molecule has 0 aliphatic carbocycles. The first-order chi connectivity index (χ1) is 8.97. The third kappa shape index (κ3) is 2.85. The molecule has 0 radical (unpaired) electrons. The minimum Gasteiger partial charge on any atom is -0.399 e. The number of nitrogen functional groups attached to an aromatic ring is 2. The lowest BCUT2D eigenvalue weighted by Crippen LogP contribution is -2.15. The van der Waals surface area contributed by atoms with Gasteiger partial charge in [0.05, 0.1) is 5.56 Å². The zero-order valence-electron chi connectivity index (χ0n) is 11.0.